The van der Waals surface area contributed by atoms with Gasteiger partial charge in [-0.15, -0.1) is 0 Å². The van der Waals surface area contributed by atoms with Crippen LogP contribution < -0.4 is 5.56 Å². The lowest BCUT2D eigenvalue weighted by atomic mass is 10.1. The van der Waals surface area contributed by atoms with Crippen LogP contribution >= 0.6 is 0 Å². The molecule has 0 saturated carbocycles. The van der Waals surface area contributed by atoms with E-state index in [9.17, 15) is 9.59 Å². The number of hydrogen-bond acceptors (Lipinski definition) is 2. The first kappa shape index (κ1) is 8.69. The molecule has 0 unspecified atom stereocenters. The molecule has 1 aromatic heterocycles. The van der Waals surface area contributed by atoms with Gasteiger partial charge in [-0.05, 0) is 24.4 Å². The maximum absolute atomic E-state index is 11.4. The highest BCUT2D eigenvalue weighted by Crippen LogP contribution is 2.11. The van der Waals surface area contributed by atoms with Gasteiger partial charge >= 0.3 is 0 Å². The molecule has 0 radical (unpaired) electrons. The number of pyridine rings is 1. The number of fused-ring (bicyclic) bond motifs is 1. The van der Waals surface area contributed by atoms with Gasteiger partial charge in [-0.25, -0.2) is 0 Å². The molecule has 1 heterocycles. The average Bonchev–Trinajstić information content (AvgIpc) is 2.18. The minimum atomic E-state index is -0.161. The molecule has 14 heavy (non-hydrogen) atoms. The minimum absolute atomic E-state index is 0.0323. The van der Waals surface area contributed by atoms with Crippen molar-refractivity contribution in [1.29, 1.82) is 0 Å². The summed E-state index contributed by atoms with van der Waals surface area (Å²) in [5, 5.41) is 1.40. The summed E-state index contributed by atoms with van der Waals surface area (Å²) in [5.41, 5.74) is 0.403. The summed E-state index contributed by atoms with van der Waals surface area (Å²) in [6, 6.07) is 6.93. The van der Waals surface area contributed by atoms with Crippen LogP contribution in [0.4, 0.5) is 0 Å². The lowest BCUT2D eigenvalue weighted by Crippen LogP contribution is -2.05. The van der Waals surface area contributed by atoms with E-state index >= 15 is 0 Å². The van der Waals surface area contributed by atoms with Crippen LogP contribution in [-0.2, 0) is 0 Å². The number of rotatable bonds is 1. The molecule has 0 amide bonds. The summed E-state index contributed by atoms with van der Waals surface area (Å²) in [6.07, 6.45) is 1.60. The number of aromatic nitrogens is 1. The van der Waals surface area contributed by atoms with Crippen molar-refractivity contribution in [2.75, 3.05) is 0 Å². The van der Waals surface area contributed by atoms with Crippen LogP contribution in [0.5, 0.6) is 0 Å². The largest absolute Gasteiger partial charge is 0.329 e. The molecule has 0 spiro atoms. The lowest BCUT2D eigenvalue weighted by molar-refractivity contribution is 0.101. The Morgan fingerprint density at radius 1 is 1.29 bits per heavy atom. The second-order valence-corrected chi connectivity index (χ2v) is 3.17. The maximum Gasteiger partial charge on any atom is 0.255 e. The Kier molecular flexibility index (Phi) is 1.93. The number of carbonyl (C=O) groups excluding carboxylic acids is 1. The zero-order valence-corrected chi connectivity index (χ0v) is 7.70. The summed E-state index contributed by atoms with van der Waals surface area (Å²) in [4.78, 5) is 25.0. The van der Waals surface area contributed by atoms with Crippen molar-refractivity contribution in [3.63, 3.8) is 0 Å². The van der Waals surface area contributed by atoms with Crippen LogP contribution in [0, 0.1) is 0 Å². The van der Waals surface area contributed by atoms with Gasteiger partial charge in [0.1, 0.15) is 0 Å². The van der Waals surface area contributed by atoms with Gasteiger partial charge in [0.2, 0.25) is 0 Å². The van der Waals surface area contributed by atoms with E-state index in [4.69, 9.17) is 0 Å². The fourth-order valence-electron chi connectivity index (χ4n) is 1.40. The van der Waals surface area contributed by atoms with Gasteiger partial charge < -0.3 is 4.98 Å². The molecule has 1 aromatic carbocycles. The highest BCUT2D eigenvalue weighted by atomic mass is 16.1. The van der Waals surface area contributed by atoms with Crippen molar-refractivity contribution >= 4 is 16.6 Å². The highest BCUT2D eigenvalue weighted by molar-refractivity contribution is 5.98. The zero-order chi connectivity index (χ0) is 10.1. The van der Waals surface area contributed by atoms with Crippen molar-refractivity contribution < 1.29 is 4.79 Å². The van der Waals surface area contributed by atoms with Crippen LogP contribution in [0.15, 0.2) is 35.3 Å². The summed E-state index contributed by atoms with van der Waals surface area (Å²) in [7, 11) is 0. The third-order valence-electron chi connectivity index (χ3n) is 2.18. The van der Waals surface area contributed by atoms with Gasteiger partial charge in [-0.3, -0.25) is 9.59 Å². The smallest absolute Gasteiger partial charge is 0.255 e. The lowest BCUT2D eigenvalue weighted by Gasteiger charge is -1.98. The molecule has 1 N–H and O–H groups in total. The first-order chi connectivity index (χ1) is 6.68. The second-order valence-electron chi connectivity index (χ2n) is 3.17. The molecule has 0 aliphatic carbocycles. The number of Topliss-reactive ketones (excluding diaryl/α,β-unsaturated/α-hetero) is 1. The molecular formula is C11H9NO2. The molecule has 0 bridgehead atoms. The number of ketones is 1. The van der Waals surface area contributed by atoms with E-state index in [0.29, 0.717) is 10.9 Å². The van der Waals surface area contributed by atoms with E-state index in [-0.39, 0.29) is 11.3 Å². The molecule has 0 aliphatic heterocycles. The van der Waals surface area contributed by atoms with Gasteiger partial charge in [0.25, 0.3) is 5.56 Å². The molecule has 0 atom stereocenters. The molecule has 3 heteroatoms. The van der Waals surface area contributed by atoms with Crippen molar-refractivity contribution in [3.8, 4) is 0 Å². The highest BCUT2D eigenvalue weighted by Gasteiger charge is 2.02. The number of H-pyrrole nitrogens is 1. The topological polar surface area (TPSA) is 49.9 Å². The molecule has 0 saturated heterocycles. The standard InChI is InChI=1S/C11H9NO2/c1-7(13)9-3-2-8-4-5-12-11(14)10(8)6-9/h2-6H,1H3,(H,12,14). The van der Waals surface area contributed by atoms with Crippen LogP contribution in [0.25, 0.3) is 10.8 Å². The summed E-state index contributed by atoms with van der Waals surface area (Å²) < 4.78 is 0. The predicted molar refractivity (Wildman–Crippen MR) is 54.6 cm³/mol. The molecule has 3 nitrogen and oxygen atoms in total. The van der Waals surface area contributed by atoms with E-state index in [1.807, 2.05) is 0 Å². The average molecular weight is 187 g/mol. The molecule has 0 fully saturated rings. The number of nitrogens with one attached hydrogen (secondary N) is 1. The van der Waals surface area contributed by atoms with E-state index in [2.05, 4.69) is 4.98 Å². The quantitative estimate of drug-likeness (QED) is 0.691. The van der Waals surface area contributed by atoms with E-state index in [1.54, 1.807) is 30.5 Å². The summed E-state index contributed by atoms with van der Waals surface area (Å²) in [6.45, 7) is 1.48. The third-order valence-corrected chi connectivity index (χ3v) is 2.18. The summed E-state index contributed by atoms with van der Waals surface area (Å²) in [5.74, 6) is -0.0323. The SMILES string of the molecule is CC(=O)c1ccc2cc[nH]c(=O)c2c1. The maximum atomic E-state index is 11.4. The Hall–Kier alpha value is -1.90. The van der Waals surface area contributed by atoms with Crippen LogP contribution in [0.2, 0.25) is 0 Å². The van der Waals surface area contributed by atoms with Crippen molar-refractivity contribution in [2.45, 2.75) is 6.92 Å². The van der Waals surface area contributed by atoms with Crippen LogP contribution in [-0.4, -0.2) is 10.8 Å². The van der Waals surface area contributed by atoms with E-state index in [0.717, 1.165) is 5.39 Å². The number of aromatic amines is 1. The predicted octanol–water partition coefficient (Wildman–Crippen LogP) is 1.73. The van der Waals surface area contributed by atoms with Crippen LogP contribution in [0.1, 0.15) is 17.3 Å². The first-order valence-electron chi connectivity index (χ1n) is 4.31. The molecule has 0 aliphatic rings. The van der Waals surface area contributed by atoms with Crippen molar-refractivity contribution in [3.05, 3.63) is 46.4 Å². The molecule has 2 aromatic rings. The van der Waals surface area contributed by atoms with E-state index in [1.165, 1.54) is 6.92 Å². The molecule has 70 valence electrons. The van der Waals surface area contributed by atoms with E-state index < -0.39 is 0 Å². The number of benzene rings is 1. The monoisotopic (exact) mass is 187 g/mol. The number of hydrogen-bond donors (Lipinski definition) is 1. The Labute approximate surface area is 80.4 Å². The Bertz CT molecular complexity index is 554. The van der Waals surface area contributed by atoms with Gasteiger partial charge in [-0.1, -0.05) is 12.1 Å². The van der Waals surface area contributed by atoms with Gasteiger partial charge in [0, 0.05) is 17.1 Å². The van der Waals surface area contributed by atoms with Gasteiger partial charge in [0.05, 0.1) is 0 Å². The first-order valence-corrected chi connectivity index (χ1v) is 4.31. The minimum Gasteiger partial charge on any atom is -0.329 e. The van der Waals surface area contributed by atoms with Gasteiger partial charge in [-0.2, -0.15) is 0 Å². The Morgan fingerprint density at radius 3 is 2.79 bits per heavy atom. The number of carbonyl (C=O) groups is 1. The Morgan fingerprint density at radius 2 is 2.07 bits per heavy atom. The normalized spacial score (nSPS) is 10.4. The van der Waals surface area contributed by atoms with Crippen molar-refractivity contribution in [2.24, 2.45) is 0 Å². The van der Waals surface area contributed by atoms with Crippen LogP contribution in [0.3, 0.4) is 0 Å². The molecular weight excluding hydrogens is 178 g/mol. The zero-order valence-electron chi connectivity index (χ0n) is 7.70. The fraction of sp³-hybridized carbons (Fsp3) is 0.0909. The Balaban J connectivity index is 2.83. The fourth-order valence-corrected chi connectivity index (χ4v) is 1.40. The van der Waals surface area contributed by atoms with Gasteiger partial charge in [0.15, 0.2) is 5.78 Å². The third kappa shape index (κ3) is 1.33. The second kappa shape index (κ2) is 3.10. The van der Waals surface area contributed by atoms with Crippen molar-refractivity contribution in [1.82, 2.24) is 4.98 Å². The summed E-state index contributed by atoms with van der Waals surface area (Å²) >= 11 is 0. The molecule has 2 rings (SSSR count).